The van der Waals surface area contributed by atoms with Gasteiger partial charge in [0.15, 0.2) is 0 Å². The average Bonchev–Trinajstić information content (AvgIpc) is 3.15. The summed E-state index contributed by atoms with van der Waals surface area (Å²) in [7, 11) is 0. The molecule has 4 heterocycles. The average molecular weight is 312 g/mol. The van der Waals surface area contributed by atoms with Crippen molar-refractivity contribution < 1.29 is 9.21 Å². The number of likely N-dealkylation sites (tertiary alicyclic amines) is 1. The molecule has 0 aliphatic carbocycles. The van der Waals surface area contributed by atoms with Crippen LogP contribution in [0.15, 0.2) is 41.1 Å². The lowest BCUT2D eigenvalue weighted by molar-refractivity contribution is -0.137. The highest BCUT2D eigenvalue weighted by Crippen LogP contribution is 2.29. The van der Waals surface area contributed by atoms with Crippen molar-refractivity contribution >= 4 is 5.91 Å². The van der Waals surface area contributed by atoms with Gasteiger partial charge in [0.2, 0.25) is 5.91 Å². The first-order valence-corrected chi connectivity index (χ1v) is 7.97. The molecule has 120 valence electrons. The molecule has 0 bridgehead atoms. The van der Waals surface area contributed by atoms with Crippen molar-refractivity contribution in [3.63, 3.8) is 0 Å². The number of carbonyl (C=O) groups excluding carboxylic acids is 1. The van der Waals surface area contributed by atoms with E-state index in [1.807, 2.05) is 36.2 Å². The van der Waals surface area contributed by atoms with Gasteiger partial charge >= 0.3 is 0 Å². The Bertz CT molecular complexity index is 694. The number of rotatable bonds is 3. The molecule has 2 aliphatic rings. The number of amides is 1. The summed E-state index contributed by atoms with van der Waals surface area (Å²) in [6.45, 7) is 3.47. The van der Waals surface area contributed by atoms with E-state index in [0.29, 0.717) is 12.3 Å². The highest BCUT2D eigenvalue weighted by atomic mass is 16.3. The topological polar surface area (TPSA) is 70.4 Å². The van der Waals surface area contributed by atoms with Crippen molar-refractivity contribution in [1.82, 2.24) is 20.7 Å². The molecule has 23 heavy (non-hydrogen) atoms. The molecule has 1 amide bonds. The zero-order valence-electron chi connectivity index (χ0n) is 13.0. The molecule has 2 aromatic rings. The van der Waals surface area contributed by atoms with Crippen LogP contribution in [0.4, 0.5) is 0 Å². The third kappa shape index (κ3) is 2.75. The lowest BCUT2D eigenvalue weighted by Crippen LogP contribution is -2.54. The summed E-state index contributed by atoms with van der Waals surface area (Å²) in [4.78, 5) is 18.6. The first kappa shape index (κ1) is 14.4. The van der Waals surface area contributed by atoms with Gasteiger partial charge in [-0.25, -0.2) is 10.9 Å². The summed E-state index contributed by atoms with van der Waals surface area (Å²) in [6.07, 6.45) is 4.37. The van der Waals surface area contributed by atoms with Gasteiger partial charge in [-0.05, 0) is 37.1 Å². The summed E-state index contributed by atoms with van der Waals surface area (Å²) in [5.74, 6) is 2.33. The number of nitrogens with zero attached hydrogens (tertiary/aromatic N) is 2. The predicted molar refractivity (Wildman–Crippen MR) is 84.4 cm³/mol. The summed E-state index contributed by atoms with van der Waals surface area (Å²) < 4.78 is 5.64. The Balaban J connectivity index is 1.33. The van der Waals surface area contributed by atoms with E-state index < -0.39 is 0 Å². The van der Waals surface area contributed by atoms with Gasteiger partial charge in [-0.1, -0.05) is 6.07 Å². The summed E-state index contributed by atoms with van der Waals surface area (Å²) >= 11 is 0. The van der Waals surface area contributed by atoms with E-state index in [0.717, 1.165) is 24.6 Å². The first-order valence-electron chi connectivity index (χ1n) is 7.97. The maximum absolute atomic E-state index is 12.6. The van der Waals surface area contributed by atoms with E-state index in [9.17, 15) is 4.79 Å². The van der Waals surface area contributed by atoms with Gasteiger partial charge in [-0.3, -0.25) is 9.78 Å². The number of aromatic nitrogens is 1. The first-order chi connectivity index (χ1) is 11.2. The van der Waals surface area contributed by atoms with Gasteiger partial charge < -0.3 is 9.32 Å². The third-order valence-electron chi connectivity index (χ3n) is 4.65. The number of hydrogen-bond donors (Lipinski definition) is 2. The second-order valence-electron chi connectivity index (χ2n) is 6.30. The summed E-state index contributed by atoms with van der Waals surface area (Å²) in [5, 5.41) is 0. The monoisotopic (exact) mass is 312 g/mol. The lowest BCUT2D eigenvalue weighted by Gasteiger charge is -2.40. The minimum atomic E-state index is -0.194. The van der Waals surface area contributed by atoms with Crippen LogP contribution >= 0.6 is 0 Å². The second-order valence-corrected chi connectivity index (χ2v) is 6.30. The van der Waals surface area contributed by atoms with Gasteiger partial charge in [-0.15, -0.1) is 0 Å². The van der Waals surface area contributed by atoms with Crippen molar-refractivity contribution in [3.05, 3.63) is 53.7 Å². The number of hydrazine groups is 1. The molecule has 0 aromatic carbocycles. The van der Waals surface area contributed by atoms with E-state index in [1.165, 1.54) is 5.56 Å². The van der Waals surface area contributed by atoms with Crippen LogP contribution in [-0.4, -0.2) is 34.9 Å². The zero-order chi connectivity index (χ0) is 15.8. The minimum absolute atomic E-state index is 0.0491. The number of aryl methyl sites for hydroxylation is 1. The van der Waals surface area contributed by atoms with Crippen molar-refractivity contribution in [1.29, 1.82) is 0 Å². The molecular formula is C17H20N4O2. The van der Waals surface area contributed by atoms with E-state index in [4.69, 9.17) is 4.42 Å². The highest BCUT2D eigenvalue weighted by Gasteiger charge is 2.39. The van der Waals surface area contributed by atoms with Crippen molar-refractivity contribution in [2.45, 2.75) is 31.3 Å². The Morgan fingerprint density at radius 2 is 2.17 bits per heavy atom. The van der Waals surface area contributed by atoms with Gasteiger partial charge in [-0.2, -0.15) is 0 Å². The fraction of sp³-hybridized carbons (Fsp3) is 0.412. The molecule has 2 saturated heterocycles. The van der Waals surface area contributed by atoms with Crippen LogP contribution in [0.2, 0.25) is 0 Å². The van der Waals surface area contributed by atoms with E-state index in [-0.39, 0.29) is 18.0 Å². The van der Waals surface area contributed by atoms with Crippen LogP contribution < -0.4 is 10.9 Å². The molecule has 0 saturated carbocycles. The molecule has 2 aromatic heterocycles. The van der Waals surface area contributed by atoms with Crippen molar-refractivity contribution in [2.24, 2.45) is 0 Å². The molecule has 2 atom stereocenters. The summed E-state index contributed by atoms with van der Waals surface area (Å²) in [6, 6.07) is 7.78. The quantitative estimate of drug-likeness (QED) is 0.899. The minimum Gasteiger partial charge on any atom is -0.465 e. The van der Waals surface area contributed by atoms with Crippen LogP contribution in [0, 0.1) is 6.92 Å². The van der Waals surface area contributed by atoms with Gasteiger partial charge in [0, 0.05) is 31.4 Å². The molecule has 2 N–H and O–H groups in total. The largest absolute Gasteiger partial charge is 0.465 e. The summed E-state index contributed by atoms with van der Waals surface area (Å²) in [5.41, 5.74) is 7.47. The molecule has 4 rings (SSSR count). The fourth-order valence-electron chi connectivity index (χ4n) is 3.25. The molecule has 0 radical (unpaired) electrons. The Hall–Kier alpha value is -2.18. The predicted octanol–water partition coefficient (Wildman–Crippen LogP) is 1.52. The second kappa shape index (κ2) is 5.79. The van der Waals surface area contributed by atoms with Gasteiger partial charge in [0.05, 0.1) is 6.04 Å². The molecule has 6 nitrogen and oxygen atoms in total. The van der Waals surface area contributed by atoms with Crippen LogP contribution in [0.1, 0.15) is 35.5 Å². The molecule has 2 fully saturated rings. The lowest BCUT2D eigenvalue weighted by atomic mass is 9.91. The van der Waals surface area contributed by atoms with E-state index >= 15 is 0 Å². The van der Waals surface area contributed by atoms with Crippen LogP contribution in [0.25, 0.3) is 0 Å². The Labute approximate surface area is 134 Å². The Kier molecular flexibility index (Phi) is 3.63. The molecule has 0 spiro atoms. The van der Waals surface area contributed by atoms with Crippen molar-refractivity contribution in [2.75, 3.05) is 13.1 Å². The van der Waals surface area contributed by atoms with Crippen LogP contribution in [0.5, 0.6) is 0 Å². The number of furan rings is 1. The molecular weight excluding hydrogens is 292 g/mol. The van der Waals surface area contributed by atoms with Crippen LogP contribution in [-0.2, 0) is 4.79 Å². The normalized spacial score (nSPS) is 24.7. The number of carbonyl (C=O) groups is 1. The van der Waals surface area contributed by atoms with Crippen molar-refractivity contribution in [3.8, 4) is 0 Å². The maximum Gasteiger partial charge on any atom is 0.241 e. The van der Waals surface area contributed by atoms with E-state index in [1.54, 1.807) is 6.20 Å². The highest BCUT2D eigenvalue weighted by molar-refractivity contribution is 5.83. The number of hydrogen-bond acceptors (Lipinski definition) is 5. The number of nitrogens with one attached hydrogen (secondary N) is 2. The van der Waals surface area contributed by atoms with Crippen LogP contribution in [0.3, 0.4) is 0 Å². The standard InChI is InChI=1S/C17H20N4O2/c1-11-4-5-16(23-11)14-7-15(20-19-14)17(22)21-9-13(10-21)12-3-2-6-18-8-12/h2-6,8,13-15,19-20H,7,9-10H2,1H3. The van der Waals surface area contributed by atoms with E-state index in [2.05, 4.69) is 21.9 Å². The Morgan fingerprint density at radius 3 is 2.87 bits per heavy atom. The SMILES string of the molecule is Cc1ccc(C2CC(C(=O)N3CC(c4cccnc4)C3)NN2)o1. The molecule has 2 aliphatic heterocycles. The molecule has 2 unspecified atom stereocenters. The fourth-order valence-corrected chi connectivity index (χ4v) is 3.25. The van der Waals surface area contributed by atoms with Gasteiger partial charge in [0.25, 0.3) is 0 Å². The Morgan fingerprint density at radius 1 is 1.30 bits per heavy atom. The zero-order valence-corrected chi connectivity index (χ0v) is 13.0. The number of pyridine rings is 1. The molecule has 6 heteroatoms. The third-order valence-corrected chi connectivity index (χ3v) is 4.65. The maximum atomic E-state index is 12.6. The smallest absolute Gasteiger partial charge is 0.241 e. The van der Waals surface area contributed by atoms with Gasteiger partial charge in [0.1, 0.15) is 17.6 Å².